The number of allylic oxidation sites excluding steroid dienone is 1. The monoisotopic (exact) mass is 361 g/mol. The van der Waals surface area contributed by atoms with Gasteiger partial charge >= 0.3 is 0 Å². The van der Waals surface area contributed by atoms with E-state index in [2.05, 4.69) is 31.3 Å². The summed E-state index contributed by atoms with van der Waals surface area (Å²) in [5, 5.41) is 14.8. The highest BCUT2D eigenvalue weighted by molar-refractivity contribution is 7.99. The van der Waals surface area contributed by atoms with Gasteiger partial charge in [-0.3, -0.25) is 9.98 Å². The SMILES string of the molecule is CN=CC(=CN)c1ccc2nnc(Sc3ccc4ncccc4c3)n2n1. The molecule has 3 aromatic heterocycles. The first-order valence-electron chi connectivity index (χ1n) is 7.88. The fourth-order valence-electron chi connectivity index (χ4n) is 2.54. The van der Waals surface area contributed by atoms with Crippen molar-refractivity contribution in [3.8, 4) is 0 Å². The van der Waals surface area contributed by atoms with Crippen LogP contribution in [0.5, 0.6) is 0 Å². The minimum atomic E-state index is 0.670. The molecule has 0 radical (unpaired) electrons. The van der Waals surface area contributed by atoms with Crippen molar-refractivity contribution in [2.24, 2.45) is 10.7 Å². The number of benzene rings is 1. The smallest absolute Gasteiger partial charge is 0.217 e. The van der Waals surface area contributed by atoms with Crippen LogP contribution in [0.4, 0.5) is 0 Å². The van der Waals surface area contributed by atoms with Gasteiger partial charge in [-0.15, -0.1) is 10.2 Å². The van der Waals surface area contributed by atoms with E-state index in [-0.39, 0.29) is 0 Å². The van der Waals surface area contributed by atoms with Crippen LogP contribution in [0.15, 0.2) is 69.9 Å². The maximum atomic E-state index is 5.68. The van der Waals surface area contributed by atoms with Crippen LogP contribution >= 0.6 is 11.8 Å². The number of aromatic nitrogens is 5. The van der Waals surface area contributed by atoms with Crippen LogP contribution in [0.2, 0.25) is 0 Å². The van der Waals surface area contributed by atoms with Gasteiger partial charge in [0.1, 0.15) is 0 Å². The standard InChI is InChI=1S/C18H15N7S/c1-20-11-13(10-19)16-6-7-17-22-23-18(25(17)24-16)26-14-4-5-15-12(9-14)3-2-8-21-15/h2-11H,19H2,1H3. The lowest BCUT2D eigenvalue weighted by atomic mass is 10.2. The molecule has 0 spiro atoms. The molecule has 4 rings (SSSR count). The van der Waals surface area contributed by atoms with Crippen LogP contribution in [-0.2, 0) is 0 Å². The lowest BCUT2D eigenvalue weighted by Crippen LogP contribution is -2.01. The van der Waals surface area contributed by atoms with E-state index < -0.39 is 0 Å². The fourth-order valence-corrected chi connectivity index (χ4v) is 3.38. The van der Waals surface area contributed by atoms with E-state index in [0.717, 1.165) is 21.4 Å². The molecule has 0 saturated carbocycles. The summed E-state index contributed by atoms with van der Waals surface area (Å²) in [5.74, 6) is 0. The Balaban J connectivity index is 1.73. The number of pyridine rings is 1. The molecule has 0 amide bonds. The molecule has 0 aliphatic heterocycles. The van der Waals surface area contributed by atoms with Crippen molar-refractivity contribution in [3.05, 3.63) is 60.6 Å². The molecule has 0 aliphatic carbocycles. The molecule has 0 fully saturated rings. The number of hydrogen-bond donors (Lipinski definition) is 1. The summed E-state index contributed by atoms with van der Waals surface area (Å²) in [5.41, 5.74) is 8.74. The third kappa shape index (κ3) is 3.02. The van der Waals surface area contributed by atoms with E-state index in [9.17, 15) is 0 Å². The van der Waals surface area contributed by atoms with E-state index >= 15 is 0 Å². The third-order valence-corrected chi connectivity index (χ3v) is 4.69. The molecule has 1 aromatic carbocycles. The number of rotatable bonds is 4. The average molecular weight is 361 g/mol. The maximum Gasteiger partial charge on any atom is 0.217 e. The quantitative estimate of drug-likeness (QED) is 0.562. The molecule has 128 valence electrons. The predicted octanol–water partition coefficient (Wildman–Crippen LogP) is 2.82. The van der Waals surface area contributed by atoms with Crippen LogP contribution in [0.1, 0.15) is 5.69 Å². The third-order valence-electron chi connectivity index (χ3n) is 3.76. The molecule has 4 aromatic rings. The molecule has 8 heteroatoms. The van der Waals surface area contributed by atoms with Crippen molar-refractivity contribution in [1.29, 1.82) is 0 Å². The highest BCUT2D eigenvalue weighted by Gasteiger charge is 2.11. The Morgan fingerprint density at radius 3 is 2.96 bits per heavy atom. The molecule has 0 unspecified atom stereocenters. The van der Waals surface area contributed by atoms with Gasteiger partial charge in [-0.1, -0.05) is 6.07 Å². The summed E-state index contributed by atoms with van der Waals surface area (Å²) in [6.45, 7) is 0. The zero-order valence-corrected chi connectivity index (χ0v) is 14.8. The molecule has 3 heterocycles. The Kier molecular flexibility index (Phi) is 4.32. The van der Waals surface area contributed by atoms with Crippen molar-refractivity contribution < 1.29 is 0 Å². The number of aliphatic imine (C=N–C) groups is 1. The van der Waals surface area contributed by atoms with E-state index in [1.54, 1.807) is 24.0 Å². The Labute approximate surface area is 153 Å². The number of hydrogen-bond acceptors (Lipinski definition) is 7. The molecular formula is C18H15N7S. The molecule has 0 bridgehead atoms. The molecule has 26 heavy (non-hydrogen) atoms. The first-order valence-corrected chi connectivity index (χ1v) is 8.69. The van der Waals surface area contributed by atoms with Gasteiger partial charge in [0.2, 0.25) is 5.16 Å². The van der Waals surface area contributed by atoms with Crippen LogP contribution in [0.25, 0.3) is 22.1 Å². The van der Waals surface area contributed by atoms with Crippen LogP contribution in [-0.4, -0.2) is 38.1 Å². The van der Waals surface area contributed by atoms with E-state index in [1.807, 2.05) is 36.4 Å². The Morgan fingerprint density at radius 2 is 2.12 bits per heavy atom. The van der Waals surface area contributed by atoms with Gasteiger partial charge in [-0.25, -0.2) is 0 Å². The second-order valence-electron chi connectivity index (χ2n) is 5.44. The minimum absolute atomic E-state index is 0.670. The first kappa shape index (κ1) is 16.2. The highest BCUT2D eigenvalue weighted by Crippen LogP contribution is 2.28. The number of nitrogens with two attached hydrogens (primary N) is 1. The van der Waals surface area contributed by atoms with Crippen molar-refractivity contribution in [3.63, 3.8) is 0 Å². The van der Waals surface area contributed by atoms with Gasteiger partial charge in [0.25, 0.3) is 0 Å². The Hall–Kier alpha value is -3.26. The van der Waals surface area contributed by atoms with Crippen molar-refractivity contribution in [2.45, 2.75) is 10.1 Å². The molecular weight excluding hydrogens is 346 g/mol. The maximum absolute atomic E-state index is 5.68. The summed E-state index contributed by atoms with van der Waals surface area (Å²) in [6.07, 6.45) is 4.94. The zero-order valence-electron chi connectivity index (χ0n) is 13.9. The Bertz CT molecular complexity index is 1150. The van der Waals surface area contributed by atoms with Gasteiger partial charge in [0.05, 0.1) is 11.2 Å². The zero-order chi connectivity index (χ0) is 17.9. The summed E-state index contributed by atoms with van der Waals surface area (Å²) in [4.78, 5) is 9.39. The predicted molar refractivity (Wildman–Crippen MR) is 103 cm³/mol. The molecule has 0 atom stereocenters. The van der Waals surface area contributed by atoms with Crippen LogP contribution in [0, 0.1) is 0 Å². The minimum Gasteiger partial charge on any atom is -0.404 e. The summed E-state index contributed by atoms with van der Waals surface area (Å²) in [7, 11) is 1.69. The first-order chi connectivity index (χ1) is 12.8. The Morgan fingerprint density at radius 1 is 1.19 bits per heavy atom. The van der Waals surface area contributed by atoms with E-state index in [1.165, 1.54) is 18.0 Å². The molecule has 0 aliphatic rings. The fraction of sp³-hybridized carbons (Fsp3) is 0.0556. The molecule has 2 N–H and O–H groups in total. The van der Waals surface area contributed by atoms with E-state index in [4.69, 9.17) is 5.73 Å². The van der Waals surface area contributed by atoms with E-state index in [0.29, 0.717) is 16.5 Å². The molecule has 7 nitrogen and oxygen atoms in total. The largest absolute Gasteiger partial charge is 0.404 e. The summed E-state index contributed by atoms with van der Waals surface area (Å²) >= 11 is 1.49. The van der Waals surface area contributed by atoms with Crippen LogP contribution < -0.4 is 5.73 Å². The number of nitrogens with zero attached hydrogens (tertiary/aromatic N) is 6. The van der Waals surface area contributed by atoms with Gasteiger partial charge in [-0.2, -0.15) is 9.61 Å². The van der Waals surface area contributed by atoms with Crippen molar-refractivity contribution >= 4 is 40.1 Å². The lowest BCUT2D eigenvalue weighted by molar-refractivity contribution is 0.803. The molecule has 0 saturated heterocycles. The van der Waals surface area contributed by atoms with Gasteiger partial charge in [0, 0.05) is 41.5 Å². The highest BCUT2D eigenvalue weighted by atomic mass is 32.2. The van der Waals surface area contributed by atoms with Gasteiger partial charge in [0.15, 0.2) is 5.65 Å². The average Bonchev–Trinajstić information content (AvgIpc) is 3.08. The second kappa shape index (κ2) is 6.93. The summed E-state index contributed by atoms with van der Waals surface area (Å²) < 4.78 is 1.71. The van der Waals surface area contributed by atoms with Crippen LogP contribution in [0.3, 0.4) is 0 Å². The second-order valence-corrected chi connectivity index (χ2v) is 6.48. The van der Waals surface area contributed by atoms with Crippen molar-refractivity contribution in [2.75, 3.05) is 7.05 Å². The number of fused-ring (bicyclic) bond motifs is 2. The summed E-state index contributed by atoms with van der Waals surface area (Å²) in [6, 6.07) is 13.7. The van der Waals surface area contributed by atoms with Gasteiger partial charge < -0.3 is 5.73 Å². The topological polar surface area (TPSA) is 94.3 Å². The lowest BCUT2D eigenvalue weighted by Gasteiger charge is -2.04. The van der Waals surface area contributed by atoms with Crippen molar-refractivity contribution in [1.82, 2.24) is 24.8 Å². The van der Waals surface area contributed by atoms with Gasteiger partial charge in [-0.05, 0) is 48.2 Å². The normalized spacial score (nSPS) is 12.4.